The molecule has 0 saturated heterocycles. The Morgan fingerprint density at radius 1 is 1.40 bits per heavy atom. The fourth-order valence-electron chi connectivity index (χ4n) is 1.56. The number of thiazole rings is 1. The van der Waals surface area contributed by atoms with Crippen LogP contribution in [-0.4, -0.2) is 35.4 Å². The Bertz CT molecular complexity index is 624. The first-order valence-corrected chi connectivity index (χ1v) is 6.44. The zero-order chi connectivity index (χ0) is 14.8. The van der Waals surface area contributed by atoms with Gasteiger partial charge in [-0.05, 0) is 18.2 Å². The Morgan fingerprint density at radius 2 is 2.15 bits per heavy atom. The number of fused-ring (bicyclic) bond motifs is 1. The van der Waals surface area contributed by atoms with E-state index in [0.29, 0.717) is 15.2 Å². The summed E-state index contributed by atoms with van der Waals surface area (Å²) in [4.78, 5) is 15.0. The number of aromatic nitrogens is 1. The van der Waals surface area contributed by atoms with E-state index in [1.165, 1.54) is 23.5 Å². The number of hydrogen-bond acceptors (Lipinski definition) is 4. The summed E-state index contributed by atoms with van der Waals surface area (Å²) in [6, 6.07) is 4.51. The molecule has 0 bridgehead atoms. The predicted octanol–water partition coefficient (Wildman–Crippen LogP) is 3.12. The van der Waals surface area contributed by atoms with Crippen LogP contribution in [0.3, 0.4) is 0 Å². The molecule has 0 radical (unpaired) electrons. The zero-order valence-electron chi connectivity index (χ0n) is 10.1. The molecule has 0 aliphatic rings. The third-order valence-electron chi connectivity index (χ3n) is 2.41. The molecular weight excluding hydrogens is 295 g/mol. The van der Waals surface area contributed by atoms with Crippen molar-refractivity contribution in [1.82, 2.24) is 4.98 Å². The normalized spacial score (nSPS) is 11.9. The maximum Gasteiger partial charge on any atom is 0.411 e. The van der Waals surface area contributed by atoms with Crippen molar-refractivity contribution in [2.45, 2.75) is 12.6 Å². The van der Waals surface area contributed by atoms with Crippen molar-refractivity contribution in [3.8, 4) is 0 Å². The van der Waals surface area contributed by atoms with Crippen molar-refractivity contribution in [1.29, 1.82) is 0 Å². The number of carboxylic acids is 1. The molecular formula is C12H10F3NO3S. The largest absolute Gasteiger partial charge is 0.478 e. The fourth-order valence-corrected chi connectivity index (χ4v) is 2.55. The van der Waals surface area contributed by atoms with E-state index in [0.717, 1.165) is 0 Å². The molecule has 0 fully saturated rings. The molecule has 8 heteroatoms. The maximum atomic E-state index is 11.9. The Kier molecular flexibility index (Phi) is 4.24. The van der Waals surface area contributed by atoms with Crippen LogP contribution in [-0.2, 0) is 11.2 Å². The highest BCUT2D eigenvalue weighted by molar-refractivity contribution is 7.18. The van der Waals surface area contributed by atoms with Crippen molar-refractivity contribution in [3.05, 3.63) is 28.8 Å². The number of alkyl halides is 3. The van der Waals surface area contributed by atoms with E-state index in [2.05, 4.69) is 9.72 Å². The number of carbonyl (C=O) groups is 1. The minimum atomic E-state index is -4.33. The molecule has 0 spiro atoms. The van der Waals surface area contributed by atoms with E-state index in [4.69, 9.17) is 5.11 Å². The number of nitrogens with zero attached hydrogens (tertiary/aromatic N) is 1. The van der Waals surface area contributed by atoms with Crippen molar-refractivity contribution in [2.24, 2.45) is 0 Å². The number of carboxylic acid groups (broad SMARTS) is 1. The monoisotopic (exact) mass is 305 g/mol. The van der Waals surface area contributed by atoms with Gasteiger partial charge in [-0.25, -0.2) is 9.78 Å². The molecule has 2 aromatic rings. The van der Waals surface area contributed by atoms with Crippen LogP contribution in [0.2, 0.25) is 0 Å². The van der Waals surface area contributed by atoms with E-state index in [9.17, 15) is 18.0 Å². The average molecular weight is 305 g/mol. The van der Waals surface area contributed by atoms with Crippen LogP contribution in [0.4, 0.5) is 13.2 Å². The van der Waals surface area contributed by atoms with Gasteiger partial charge in [-0.3, -0.25) is 0 Å². The van der Waals surface area contributed by atoms with Crippen LogP contribution in [0.5, 0.6) is 0 Å². The lowest BCUT2D eigenvalue weighted by Gasteiger charge is -2.05. The first kappa shape index (κ1) is 14.7. The summed E-state index contributed by atoms with van der Waals surface area (Å²) in [7, 11) is 0. The summed E-state index contributed by atoms with van der Waals surface area (Å²) >= 11 is 1.25. The van der Waals surface area contributed by atoms with Gasteiger partial charge in [0, 0.05) is 6.42 Å². The van der Waals surface area contributed by atoms with Gasteiger partial charge in [0.1, 0.15) is 6.61 Å². The van der Waals surface area contributed by atoms with Gasteiger partial charge in [-0.2, -0.15) is 13.2 Å². The molecule has 0 amide bonds. The van der Waals surface area contributed by atoms with Crippen molar-refractivity contribution >= 4 is 27.5 Å². The molecule has 1 heterocycles. The van der Waals surface area contributed by atoms with Gasteiger partial charge in [0.25, 0.3) is 0 Å². The highest BCUT2D eigenvalue weighted by Gasteiger charge is 2.27. The number of benzene rings is 1. The smallest absolute Gasteiger partial charge is 0.411 e. The summed E-state index contributed by atoms with van der Waals surface area (Å²) in [6.07, 6.45) is -4.07. The minimum Gasteiger partial charge on any atom is -0.478 e. The van der Waals surface area contributed by atoms with Gasteiger partial charge in [0.15, 0.2) is 0 Å². The number of ether oxygens (including phenoxy) is 1. The van der Waals surface area contributed by atoms with Crippen molar-refractivity contribution in [3.63, 3.8) is 0 Å². The lowest BCUT2D eigenvalue weighted by Crippen LogP contribution is -2.17. The van der Waals surface area contributed by atoms with Crippen LogP contribution in [0.25, 0.3) is 10.2 Å². The lowest BCUT2D eigenvalue weighted by molar-refractivity contribution is -0.173. The number of aromatic carboxylic acids is 1. The topological polar surface area (TPSA) is 59.4 Å². The predicted molar refractivity (Wildman–Crippen MR) is 67.2 cm³/mol. The van der Waals surface area contributed by atoms with E-state index in [1.54, 1.807) is 6.07 Å². The van der Waals surface area contributed by atoms with Gasteiger partial charge < -0.3 is 9.84 Å². The van der Waals surface area contributed by atoms with Crippen LogP contribution in [0.15, 0.2) is 18.2 Å². The Balaban J connectivity index is 1.99. The van der Waals surface area contributed by atoms with Crippen LogP contribution >= 0.6 is 11.3 Å². The zero-order valence-corrected chi connectivity index (χ0v) is 10.9. The molecule has 20 heavy (non-hydrogen) atoms. The summed E-state index contributed by atoms with van der Waals surface area (Å²) in [6.45, 7) is -1.35. The molecule has 4 nitrogen and oxygen atoms in total. The second-order valence-corrected chi connectivity index (χ2v) is 5.13. The lowest BCUT2D eigenvalue weighted by atomic mass is 10.2. The van der Waals surface area contributed by atoms with Crippen molar-refractivity contribution in [2.75, 3.05) is 13.2 Å². The van der Waals surface area contributed by atoms with Crippen LogP contribution in [0.1, 0.15) is 15.4 Å². The first-order chi connectivity index (χ1) is 9.35. The third kappa shape index (κ3) is 3.91. The number of hydrogen-bond donors (Lipinski definition) is 1. The molecule has 0 saturated carbocycles. The van der Waals surface area contributed by atoms with Crippen LogP contribution in [0, 0.1) is 0 Å². The highest BCUT2D eigenvalue weighted by Crippen LogP contribution is 2.24. The van der Waals surface area contributed by atoms with E-state index in [-0.39, 0.29) is 18.6 Å². The molecule has 0 atom stereocenters. The second-order valence-electron chi connectivity index (χ2n) is 4.01. The SMILES string of the molecule is O=C(O)c1ccc2nc(CCOCC(F)(F)F)sc2c1. The van der Waals surface area contributed by atoms with Crippen molar-refractivity contribution < 1.29 is 27.8 Å². The Labute approximate surface area is 115 Å². The molecule has 0 unspecified atom stereocenters. The number of halogens is 3. The molecule has 0 aliphatic carbocycles. The van der Waals surface area contributed by atoms with Gasteiger partial charge in [0.05, 0.1) is 27.4 Å². The van der Waals surface area contributed by atoms with Crippen LogP contribution < -0.4 is 0 Å². The van der Waals surface area contributed by atoms with E-state index >= 15 is 0 Å². The molecule has 2 rings (SSSR count). The Hall–Kier alpha value is -1.67. The first-order valence-electron chi connectivity index (χ1n) is 5.62. The molecule has 1 N–H and O–H groups in total. The maximum absolute atomic E-state index is 11.9. The molecule has 0 aliphatic heterocycles. The quantitative estimate of drug-likeness (QED) is 0.862. The van der Waals surface area contributed by atoms with E-state index in [1.807, 2.05) is 0 Å². The summed E-state index contributed by atoms with van der Waals surface area (Å²) < 4.78 is 40.8. The minimum absolute atomic E-state index is 0.0783. The van der Waals surface area contributed by atoms with Gasteiger partial charge in [0.2, 0.25) is 0 Å². The van der Waals surface area contributed by atoms with Gasteiger partial charge >= 0.3 is 12.1 Å². The van der Waals surface area contributed by atoms with Gasteiger partial charge in [-0.1, -0.05) is 0 Å². The molecule has 108 valence electrons. The summed E-state index contributed by atoms with van der Waals surface area (Å²) in [5.74, 6) is -1.03. The average Bonchev–Trinajstić information content (AvgIpc) is 2.75. The Morgan fingerprint density at radius 3 is 2.80 bits per heavy atom. The van der Waals surface area contributed by atoms with E-state index < -0.39 is 18.8 Å². The third-order valence-corrected chi connectivity index (χ3v) is 3.48. The molecule has 1 aromatic carbocycles. The molecule has 1 aromatic heterocycles. The number of rotatable bonds is 5. The fraction of sp³-hybridized carbons (Fsp3) is 0.333. The second kappa shape index (κ2) is 5.76. The summed E-state index contributed by atoms with van der Waals surface area (Å²) in [5.41, 5.74) is 0.784. The van der Waals surface area contributed by atoms with Gasteiger partial charge in [-0.15, -0.1) is 11.3 Å². The summed E-state index contributed by atoms with van der Waals surface area (Å²) in [5, 5.41) is 9.47. The standard InChI is InChI=1S/C12H10F3NO3S/c13-12(14,15)6-19-4-3-10-16-8-2-1-7(11(17)18)5-9(8)20-10/h1-2,5H,3-4,6H2,(H,17,18). The highest BCUT2D eigenvalue weighted by atomic mass is 32.1.